The number of hydrogen-bond donors (Lipinski definition) is 0. The van der Waals surface area contributed by atoms with E-state index in [-0.39, 0.29) is 5.78 Å². The highest BCUT2D eigenvalue weighted by Gasteiger charge is 2.22. The maximum atomic E-state index is 13.5. The molecule has 3 aromatic rings. The molecule has 0 spiro atoms. The Kier molecular flexibility index (Phi) is 6.75. The first-order valence-corrected chi connectivity index (χ1v) is 11.5. The molecule has 2 heterocycles. The zero-order valence-corrected chi connectivity index (χ0v) is 19.6. The van der Waals surface area contributed by atoms with Crippen LogP contribution in [0.1, 0.15) is 28.5 Å². The summed E-state index contributed by atoms with van der Waals surface area (Å²) in [7, 11) is 0. The first kappa shape index (κ1) is 21.3. The first-order valence-electron chi connectivity index (χ1n) is 10.4. The van der Waals surface area contributed by atoms with Crippen molar-refractivity contribution in [2.45, 2.75) is 20.4 Å². The van der Waals surface area contributed by atoms with Crippen LogP contribution in [0.3, 0.4) is 0 Å². The van der Waals surface area contributed by atoms with E-state index in [9.17, 15) is 4.79 Å². The highest BCUT2D eigenvalue weighted by Crippen LogP contribution is 2.30. The molecule has 2 aromatic carbocycles. The number of nitrogens with zero attached hydrogens (tertiary/aromatic N) is 2. The summed E-state index contributed by atoms with van der Waals surface area (Å²) in [6, 6.07) is 13.8. The highest BCUT2D eigenvalue weighted by atomic mass is 127. The van der Waals surface area contributed by atoms with Gasteiger partial charge in [0.25, 0.3) is 0 Å². The molecule has 6 heteroatoms. The van der Waals surface area contributed by atoms with Gasteiger partial charge in [0.1, 0.15) is 5.75 Å². The van der Waals surface area contributed by atoms with E-state index in [1.54, 1.807) is 0 Å². The van der Waals surface area contributed by atoms with Crippen LogP contribution >= 0.6 is 22.6 Å². The van der Waals surface area contributed by atoms with Gasteiger partial charge >= 0.3 is 0 Å². The largest absolute Gasteiger partial charge is 0.494 e. The van der Waals surface area contributed by atoms with Gasteiger partial charge in [-0.1, -0.05) is 6.07 Å². The lowest BCUT2D eigenvalue weighted by molar-refractivity contribution is 0.0365. The van der Waals surface area contributed by atoms with Crippen molar-refractivity contribution in [1.82, 2.24) is 9.47 Å². The van der Waals surface area contributed by atoms with E-state index in [0.29, 0.717) is 12.2 Å². The Bertz CT molecular complexity index is 1040. The summed E-state index contributed by atoms with van der Waals surface area (Å²) in [5.74, 6) is 0.847. The average Bonchev–Trinajstić information content (AvgIpc) is 3.03. The molecule has 1 aromatic heterocycles. The third-order valence-electron chi connectivity index (χ3n) is 5.68. The lowest BCUT2D eigenvalue weighted by atomic mass is 10.0. The van der Waals surface area contributed by atoms with Crippen molar-refractivity contribution in [2.75, 3.05) is 39.5 Å². The molecule has 5 nitrogen and oxygen atoms in total. The van der Waals surface area contributed by atoms with Crippen LogP contribution < -0.4 is 4.74 Å². The summed E-state index contributed by atoms with van der Waals surface area (Å²) >= 11 is 2.34. The van der Waals surface area contributed by atoms with Crippen LogP contribution in [0.4, 0.5) is 0 Å². The van der Waals surface area contributed by atoms with Gasteiger partial charge in [0.15, 0.2) is 5.78 Å². The maximum Gasteiger partial charge on any atom is 0.195 e. The molecule has 0 aliphatic carbocycles. The van der Waals surface area contributed by atoms with Gasteiger partial charge in [-0.25, -0.2) is 0 Å². The monoisotopic (exact) mass is 518 g/mol. The molecule has 0 atom stereocenters. The van der Waals surface area contributed by atoms with E-state index < -0.39 is 0 Å². The Hall–Kier alpha value is -1.90. The fourth-order valence-corrected chi connectivity index (χ4v) is 4.58. The molecule has 0 bridgehead atoms. The van der Waals surface area contributed by atoms with Gasteiger partial charge in [0, 0.05) is 46.4 Å². The summed E-state index contributed by atoms with van der Waals surface area (Å²) in [5, 5.41) is 1.02. The molecule has 0 amide bonds. The number of hydrogen-bond acceptors (Lipinski definition) is 4. The van der Waals surface area contributed by atoms with Crippen molar-refractivity contribution < 1.29 is 14.3 Å². The Morgan fingerprint density at radius 1 is 1.10 bits per heavy atom. The predicted octanol–water partition coefficient (Wildman–Crippen LogP) is 4.52. The van der Waals surface area contributed by atoms with Crippen molar-refractivity contribution in [3.05, 3.63) is 62.9 Å². The number of fused-ring (bicyclic) bond motifs is 1. The minimum absolute atomic E-state index is 0.0619. The molecule has 1 saturated heterocycles. The van der Waals surface area contributed by atoms with Gasteiger partial charge in [-0.2, -0.15) is 0 Å². The van der Waals surface area contributed by atoms with E-state index in [2.05, 4.69) is 57.2 Å². The van der Waals surface area contributed by atoms with Crippen LogP contribution in [0.15, 0.2) is 42.5 Å². The number of ketones is 1. The standard InChI is InChI=1S/C24H27IN2O3/c1-3-30-20-7-4-18(5-8-20)24(28)23-17(2)27(11-10-26-12-14-29-15-13-26)22-16-19(25)6-9-21(22)23/h4-9,16H,3,10-15H2,1-2H3. The van der Waals surface area contributed by atoms with Crippen LogP contribution in [-0.2, 0) is 11.3 Å². The Labute approximate surface area is 191 Å². The Balaban J connectivity index is 1.68. The molecule has 0 saturated carbocycles. The third kappa shape index (κ3) is 4.40. The van der Waals surface area contributed by atoms with Crippen molar-refractivity contribution >= 4 is 39.3 Å². The number of ether oxygens (including phenoxy) is 2. The van der Waals surface area contributed by atoms with Gasteiger partial charge in [0.05, 0.1) is 30.9 Å². The van der Waals surface area contributed by atoms with Crippen LogP contribution in [0.25, 0.3) is 10.9 Å². The molecule has 158 valence electrons. The van der Waals surface area contributed by atoms with E-state index in [1.165, 1.54) is 3.57 Å². The van der Waals surface area contributed by atoms with Crippen LogP contribution in [-0.4, -0.2) is 54.7 Å². The number of carbonyl (C=O) groups excluding carboxylic acids is 1. The number of carbonyl (C=O) groups is 1. The minimum atomic E-state index is 0.0619. The van der Waals surface area contributed by atoms with Crippen molar-refractivity contribution in [3.8, 4) is 5.75 Å². The van der Waals surface area contributed by atoms with E-state index in [4.69, 9.17) is 9.47 Å². The highest BCUT2D eigenvalue weighted by molar-refractivity contribution is 14.1. The van der Waals surface area contributed by atoms with Crippen LogP contribution in [0.2, 0.25) is 0 Å². The van der Waals surface area contributed by atoms with Crippen molar-refractivity contribution in [3.63, 3.8) is 0 Å². The Morgan fingerprint density at radius 2 is 1.83 bits per heavy atom. The summed E-state index contributed by atoms with van der Waals surface area (Å²) in [5.41, 5.74) is 3.64. The molecular formula is C24H27IN2O3. The summed E-state index contributed by atoms with van der Waals surface area (Å²) in [6.45, 7) is 9.97. The van der Waals surface area contributed by atoms with Crippen molar-refractivity contribution in [2.24, 2.45) is 0 Å². The van der Waals surface area contributed by atoms with E-state index in [1.807, 2.05) is 31.2 Å². The smallest absolute Gasteiger partial charge is 0.195 e. The van der Waals surface area contributed by atoms with Gasteiger partial charge in [-0.05, 0) is 72.8 Å². The summed E-state index contributed by atoms with van der Waals surface area (Å²) in [6.07, 6.45) is 0. The number of aromatic nitrogens is 1. The maximum absolute atomic E-state index is 13.5. The van der Waals surface area contributed by atoms with Gasteiger partial charge < -0.3 is 14.0 Å². The topological polar surface area (TPSA) is 43.7 Å². The zero-order chi connectivity index (χ0) is 21.1. The van der Waals surface area contributed by atoms with E-state index in [0.717, 1.165) is 67.3 Å². The number of rotatable bonds is 7. The second kappa shape index (κ2) is 9.49. The molecule has 4 rings (SSSR count). The Morgan fingerprint density at radius 3 is 2.53 bits per heavy atom. The predicted molar refractivity (Wildman–Crippen MR) is 128 cm³/mol. The zero-order valence-electron chi connectivity index (χ0n) is 17.5. The fraction of sp³-hybridized carbons (Fsp3) is 0.375. The molecule has 0 unspecified atom stereocenters. The molecular weight excluding hydrogens is 491 g/mol. The molecule has 0 N–H and O–H groups in total. The number of morpholine rings is 1. The van der Waals surface area contributed by atoms with Crippen LogP contribution in [0, 0.1) is 10.5 Å². The summed E-state index contributed by atoms with van der Waals surface area (Å²) in [4.78, 5) is 15.9. The first-order chi connectivity index (χ1) is 14.6. The average molecular weight is 518 g/mol. The fourth-order valence-electron chi connectivity index (χ4n) is 4.10. The van der Waals surface area contributed by atoms with Crippen LogP contribution in [0.5, 0.6) is 5.75 Å². The lowest BCUT2D eigenvalue weighted by Gasteiger charge is -2.27. The second-order valence-corrected chi connectivity index (χ2v) is 8.76. The minimum Gasteiger partial charge on any atom is -0.494 e. The normalized spacial score (nSPS) is 14.9. The second-order valence-electron chi connectivity index (χ2n) is 7.51. The van der Waals surface area contributed by atoms with Crippen molar-refractivity contribution in [1.29, 1.82) is 0 Å². The molecule has 1 aliphatic rings. The lowest BCUT2D eigenvalue weighted by Crippen LogP contribution is -2.38. The third-order valence-corrected chi connectivity index (χ3v) is 6.36. The number of benzene rings is 2. The van der Waals surface area contributed by atoms with Gasteiger partial charge in [-0.3, -0.25) is 9.69 Å². The molecule has 1 aliphatic heterocycles. The number of halogens is 1. The van der Waals surface area contributed by atoms with E-state index >= 15 is 0 Å². The summed E-state index contributed by atoms with van der Waals surface area (Å²) < 4.78 is 14.5. The van der Waals surface area contributed by atoms with Gasteiger partial charge in [-0.15, -0.1) is 0 Å². The SMILES string of the molecule is CCOc1ccc(C(=O)c2c(C)n(CCN3CCOCC3)c3cc(I)ccc23)cc1. The quantitative estimate of drug-likeness (QED) is 0.341. The molecule has 1 fully saturated rings. The van der Waals surface area contributed by atoms with Gasteiger partial charge in [0.2, 0.25) is 0 Å². The molecule has 30 heavy (non-hydrogen) atoms. The molecule has 0 radical (unpaired) electrons.